The van der Waals surface area contributed by atoms with Crippen molar-refractivity contribution in [2.45, 2.75) is 5.41 Å². The highest BCUT2D eigenvalue weighted by atomic mass is 79.9. The van der Waals surface area contributed by atoms with E-state index in [-0.39, 0.29) is 0 Å². The maximum absolute atomic E-state index is 4.06. The number of hydrogen-bond acceptors (Lipinski definition) is 0. The highest BCUT2D eigenvalue weighted by molar-refractivity contribution is 9.10. The molecule has 0 radical (unpaired) electrons. The molecule has 0 heterocycles. The van der Waals surface area contributed by atoms with Crippen LogP contribution >= 0.6 is 15.9 Å². The van der Waals surface area contributed by atoms with Crippen LogP contribution in [0, 0.1) is 0 Å². The molecule has 0 spiro atoms. The molecule has 0 aliphatic heterocycles. The average molecular weight is 574 g/mol. The smallest absolute Gasteiger partial charge is 0.0622 e. The van der Waals surface area contributed by atoms with Crippen molar-refractivity contribution < 1.29 is 0 Å². The summed E-state index contributed by atoms with van der Waals surface area (Å²) in [6, 6.07) is 55.5. The molecule has 0 aromatic heterocycles. The van der Waals surface area contributed by atoms with Gasteiger partial charge in [0.25, 0.3) is 0 Å². The zero-order valence-electron chi connectivity index (χ0n) is 21.8. The quantitative estimate of drug-likeness (QED) is 0.185. The molecule has 1 aliphatic carbocycles. The van der Waals surface area contributed by atoms with Crippen LogP contribution in [0.25, 0.3) is 43.8 Å². The Morgan fingerprint density at radius 3 is 1.62 bits per heavy atom. The lowest BCUT2D eigenvalue weighted by atomic mass is 9.67. The van der Waals surface area contributed by atoms with Crippen LogP contribution in [0.4, 0.5) is 0 Å². The van der Waals surface area contributed by atoms with Gasteiger partial charge >= 0.3 is 0 Å². The lowest BCUT2D eigenvalue weighted by Crippen LogP contribution is -2.28. The zero-order valence-corrected chi connectivity index (χ0v) is 23.4. The molecule has 0 fully saturated rings. The van der Waals surface area contributed by atoms with Crippen LogP contribution in [0.3, 0.4) is 0 Å². The van der Waals surface area contributed by atoms with Gasteiger partial charge in [-0.15, -0.1) is 0 Å². The number of rotatable bonds is 3. The predicted octanol–water partition coefficient (Wildman–Crippen LogP) is 10.8. The Morgan fingerprint density at radius 1 is 0.400 bits per heavy atom. The third-order valence-electron chi connectivity index (χ3n) is 8.60. The molecule has 0 saturated heterocycles. The largest absolute Gasteiger partial charge is 0.0713 e. The van der Waals surface area contributed by atoms with Crippen molar-refractivity contribution in [3.63, 3.8) is 0 Å². The molecule has 1 aliphatic rings. The van der Waals surface area contributed by atoms with Crippen molar-refractivity contribution in [1.82, 2.24) is 0 Å². The summed E-state index contributed by atoms with van der Waals surface area (Å²) in [5.41, 5.74) is 9.92. The van der Waals surface area contributed by atoms with Crippen LogP contribution in [-0.2, 0) is 5.41 Å². The lowest BCUT2D eigenvalue weighted by molar-refractivity contribution is 0.769. The van der Waals surface area contributed by atoms with Crippen LogP contribution in [0.15, 0.2) is 156 Å². The molecule has 0 atom stereocenters. The SMILES string of the molecule is Brc1c2ccccc2c(-c2ccccc2)c2cc3c(cc12)-c1ccccc1C3(c1ccccc1)c1ccccc1. The van der Waals surface area contributed by atoms with Gasteiger partial charge in [0.2, 0.25) is 0 Å². The van der Waals surface area contributed by atoms with Crippen molar-refractivity contribution in [2.24, 2.45) is 0 Å². The minimum atomic E-state index is -0.422. The third kappa shape index (κ3) is 3.19. The van der Waals surface area contributed by atoms with E-state index in [1.54, 1.807) is 0 Å². The van der Waals surface area contributed by atoms with E-state index in [1.165, 1.54) is 66.1 Å². The Labute approximate surface area is 242 Å². The van der Waals surface area contributed by atoms with Crippen molar-refractivity contribution in [3.05, 3.63) is 178 Å². The Balaban J connectivity index is 1.60. The second-order valence-corrected chi connectivity index (χ2v) is 11.4. The third-order valence-corrected chi connectivity index (χ3v) is 9.45. The molecule has 0 N–H and O–H groups in total. The standard InChI is InChI=1S/C39H25Br/c40-38-31-22-11-10-21-30(31)37(26-14-4-1-5-15-26)33-25-36-32(24-34(33)38)29-20-12-13-23-35(29)39(36,27-16-6-2-7-17-27)28-18-8-3-9-19-28/h1-25H. The first-order chi connectivity index (χ1) is 19.8. The second-order valence-electron chi connectivity index (χ2n) is 10.6. The summed E-state index contributed by atoms with van der Waals surface area (Å²) in [5.74, 6) is 0. The second kappa shape index (κ2) is 9.05. The van der Waals surface area contributed by atoms with Gasteiger partial charge in [0.05, 0.1) is 5.41 Å². The molecule has 7 aromatic rings. The molecule has 0 saturated carbocycles. The van der Waals surface area contributed by atoms with Gasteiger partial charge in [0.1, 0.15) is 0 Å². The first kappa shape index (κ1) is 23.4. The minimum Gasteiger partial charge on any atom is -0.0622 e. The molecule has 0 bridgehead atoms. The summed E-state index contributed by atoms with van der Waals surface area (Å²) in [6.07, 6.45) is 0. The van der Waals surface area contributed by atoms with Crippen LogP contribution in [0.5, 0.6) is 0 Å². The summed E-state index contributed by atoms with van der Waals surface area (Å²) in [4.78, 5) is 0. The molecule has 0 amide bonds. The average Bonchev–Trinajstić information content (AvgIpc) is 3.32. The summed E-state index contributed by atoms with van der Waals surface area (Å²) < 4.78 is 1.15. The Hall–Kier alpha value is -4.46. The fraction of sp³-hybridized carbons (Fsp3) is 0.0256. The van der Waals surface area contributed by atoms with Gasteiger partial charge in [0, 0.05) is 4.47 Å². The number of benzene rings is 7. The van der Waals surface area contributed by atoms with E-state index in [0.29, 0.717) is 0 Å². The summed E-state index contributed by atoms with van der Waals surface area (Å²) in [6.45, 7) is 0. The number of halogens is 1. The monoisotopic (exact) mass is 572 g/mol. The van der Waals surface area contributed by atoms with Gasteiger partial charge in [0.15, 0.2) is 0 Å². The fourth-order valence-electron chi connectivity index (χ4n) is 6.97. The highest BCUT2D eigenvalue weighted by Crippen LogP contribution is 2.58. The molecule has 7 aromatic carbocycles. The molecule has 0 nitrogen and oxygen atoms in total. The van der Waals surface area contributed by atoms with E-state index in [1.807, 2.05) is 0 Å². The maximum atomic E-state index is 4.06. The van der Waals surface area contributed by atoms with E-state index in [4.69, 9.17) is 0 Å². The molecule has 188 valence electrons. The molecular formula is C39H25Br. The van der Waals surface area contributed by atoms with E-state index < -0.39 is 5.41 Å². The van der Waals surface area contributed by atoms with E-state index >= 15 is 0 Å². The molecular weight excluding hydrogens is 548 g/mol. The summed E-state index contributed by atoms with van der Waals surface area (Å²) in [5, 5.41) is 4.99. The van der Waals surface area contributed by atoms with Crippen molar-refractivity contribution in [1.29, 1.82) is 0 Å². The predicted molar refractivity (Wildman–Crippen MR) is 172 cm³/mol. The van der Waals surface area contributed by atoms with Crippen molar-refractivity contribution in [3.8, 4) is 22.3 Å². The van der Waals surface area contributed by atoms with E-state index in [2.05, 4.69) is 168 Å². The van der Waals surface area contributed by atoms with Crippen LogP contribution < -0.4 is 0 Å². The zero-order chi connectivity index (χ0) is 26.7. The first-order valence-electron chi connectivity index (χ1n) is 13.7. The van der Waals surface area contributed by atoms with Gasteiger partial charge in [-0.3, -0.25) is 0 Å². The van der Waals surface area contributed by atoms with Gasteiger partial charge in [-0.1, -0.05) is 140 Å². The molecule has 40 heavy (non-hydrogen) atoms. The Bertz CT molecular complexity index is 2000. The summed E-state index contributed by atoms with van der Waals surface area (Å²) in [7, 11) is 0. The van der Waals surface area contributed by atoms with Crippen molar-refractivity contribution >= 4 is 37.5 Å². The van der Waals surface area contributed by atoms with E-state index in [9.17, 15) is 0 Å². The van der Waals surface area contributed by atoms with Gasteiger partial charge < -0.3 is 0 Å². The first-order valence-corrected chi connectivity index (χ1v) is 14.5. The normalized spacial score (nSPS) is 13.3. The Kier molecular flexibility index (Phi) is 5.30. The Morgan fingerprint density at radius 2 is 0.950 bits per heavy atom. The molecule has 0 unspecified atom stereocenters. The van der Waals surface area contributed by atoms with Gasteiger partial charge in [-0.25, -0.2) is 0 Å². The maximum Gasteiger partial charge on any atom is 0.0713 e. The van der Waals surface area contributed by atoms with Crippen molar-refractivity contribution in [2.75, 3.05) is 0 Å². The van der Waals surface area contributed by atoms with Crippen LogP contribution in [0.1, 0.15) is 22.3 Å². The van der Waals surface area contributed by atoms with Crippen LogP contribution in [-0.4, -0.2) is 0 Å². The van der Waals surface area contributed by atoms with Crippen LogP contribution in [0.2, 0.25) is 0 Å². The summed E-state index contributed by atoms with van der Waals surface area (Å²) >= 11 is 4.06. The topological polar surface area (TPSA) is 0 Å². The highest BCUT2D eigenvalue weighted by Gasteiger charge is 2.46. The minimum absolute atomic E-state index is 0.422. The fourth-order valence-corrected chi connectivity index (χ4v) is 7.65. The lowest BCUT2D eigenvalue weighted by Gasteiger charge is -2.34. The molecule has 8 rings (SSSR count). The number of hydrogen-bond donors (Lipinski definition) is 0. The van der Waals surface area contributed by atoms with E-state index in [0.717, 1.165) is 4.47 Å². The number of fused-ring (bicyclic) bond motifs is 5. The molecule has 1 heteroatoms. The van der Waals surface area contributed by atoms with Gasteiger partial charge in [-0.05, 0) is 94.1 Å². The van der Waals surface area contributed by atoms with Gasteiger partial charge in [-0.2, -0.15) is 0 Å².